The number of hydrogen-bond donors (Lipinski definition) is 0. The van der Waals surface area contributed by atoms with Gasteiger partial charge in [0.1, 0.15) is 6.10 Å². The van der Waals surface area contributed by atoms with Crippen LogP contribution in [0.2, 0.25) is 0 Å². The second kappa shape index (κ2) is 8.01. The lowest BCUT2D eigenvalue weighted by Gasteiger charge is -2.35. The largest absolute Gasteiger partial charge is 0.477 e. The van der Waals surface area contributed by atoms with Gasteiger partial charge in [0.2, 0.25) is 6.41 Å². The number of likely N-dealkylation sites (N-methyl/N-ethyl adjacent to an activating group) is 1. The molecule has 0 aromatic heterocycles. The molecule has 2 fully saturated rings. The lowest BCUT2D eigenvalue weighted by atomic mass is 9.98. The third-order valence-corrected chi connectivity index (χ3v) is 4.35. The summed E-state index contributed by atoms with van der Waals surface area (Å²) in [5, 5.41) is 0.553. The van der Waals surface area contributed by atoms with Crippen molar-refractivity contribution in [3.8, 4) is 0 Å². The molecule has 0 aromatic carbocycles. The standard InChI is InChI=1S/C15H24F2N2O4/c1-18-9-5-6-12(10-18)19(11-20)23-15(16,17)14(21)22-13-7-3-2-4-8-13/h11-13H,2-10H2,1H3. The molecule has 2 rings (SSSR count). The Kier molecular flexibility index (Phi) is 6.29. The lowest BCUT2D eigenvalue weighted by molar-refractivity contribution is -0.340. The average molecular weight is 334 g/mol. The summed E-state index contributed by atoms with van der Waals surface area (Å²) < 4.78 is 32.7. The first-order chi connectivity index (χ1) is 10.9. The minimum atomic E-state index is -4.16. The van der Waals surface area contributed by atoms with E-state index in [2.05, 4.69) is 4.84 Å². The van der Waals surface area contributed by atoms with Crippen molar-refractivity contribution in [2.75, 3.05) is 20.1 Å². The van der Waals surface area contributed by atoms with Crippen LogP contribution in [-0.4, -0.2) is 60.7 Å². The fraction of sp³-hybridized carbons (Fsp3) is 0.867. The molecule has 0 N–H and O–H groups in total. The number of rotatable bonds is 6. The van der Waals surface area contributed by atoms with Crippen molar-refractivity contribution < 1.29 is 27.9 Å². The zero-order valence-electron chi connectivity index (χ0n) is 13.4. The van der Waals surface area contributed by atoms with Gasteiger partial charge in [-0.3, -0.25) is 4.79 Å². The lowest BCUT2D eigenvalue weighted by Crippen LogP contribution is -2.50. The number of likely N-dealkylation sites (tertiary alicyclic amines) is 1. The first-order valence-corrected chi connectivity index (χ1v) is 8.12. The topological polar surface area (TPSA) is 59.1 Å². The van der Waals surface area contributed by atoms with Crippen molar-refractivity contribution in [2.45, 2.75) is 63.2 Å². The third-order valence-electron chi connectivity index (χ3n) is 4.35. The smallest absolute Gasteiger partial charge is 0.456 e. The van der Waals surface area contributed by atoms with Crippen LogP contribution in [0.4, 0.5) is 8.78 Å². The third kappa shape index (κ3) is 5.10. The number of nitrogens with zero attached hydrogens (tertiary/aromatic N) is 2. The summed E-state index contributed by atoms with van der Waals surface area (Å²) in [5.74, 6) is -1.72. The van der Waals surface area contributed by atoms with Crippen LogP contribution in [0.5, 0.6) is 0 Å². The predicted molar refractivity (Wildman–Crippen MR) is 77.4 cm³/mol. The Morgan fingerprint density at radius 1 is 1.22 bits per heavy atom. The molecule has 1 unspecified atom stereocenters. The molecule has 1 saturated carbocycles. The van der Waals surface area contributed by atoms with Crippen molar-refractivity contribution in [1.82, 2.24) is 9.96 Å². The van der Waals surface area contributed by atoms with Crippen LogP contribution in [0.15, 0.2) is 0 Å². The Balaban J connectivity index is 1.91. The van der Waals surface area contributed by atoms with Gasteiger partial charge in [0, 0.05) is 6.54 Å². The van der Waals surface area contributed by atoms with Gasteiger partial charge in [-0.05, 0) is 52.1 Å². The molecule has 0 radical (unpaired) electrons. The quantitative estimate of drug-likeness (QED) is 0.422. The summed E-state index contributed by atoms with van der Waals surface area (Å²) in [6.07, 6.45) is 0.799. The van der Waals surface area contributed by atoms with Gasteiger partial charge < -0.3 is 9.64 Å². The van der Waals surface area contributed by atoms with Gasteiger partial charge in [0.05, 0.1) is 6.04 Å². The summed E-state index contributed by atoms with van der Waals surface area (Å²) in [6.45, 7) is 1.26. The van der Waals surface area contributed by atoms with E-state index in [4.69, 9.17) is 4.74 Å². The van der Waals surface area contributed by atoms with Crippen LogP contribution in [0, 0.1) is 0 Å². The molecule has 1 heterocycles. The van der Waals surface area contributed by atoms with Crippen molar-refractivity contribution in [2.24, 2.45) is 0 Å². The van der Waals surface area contributed by atoms with E-state index >= 15 is 0 Å². The molecule has 0 bridgehead atoms. The van der Waals surface area contributed by atoms with E-state index in [0.717, 1.165) is 32.2 Å². The molecule has 0 aromatic rings. The van der Waals surface area contributed by atoms with E-state index in [1.54, 1.807) is 0 Å². The maximum Gasteiger partial charge on any atom is 0.477 e. The molecule has 0 spiro atoms. The molecule has 2 aliphatic rings. The molecule has 1 atom stereocenters. The van der Waals surface area contributed by atoms with Gasteiger partial charge >= 0.3 is 12.1 Å². The molecule has 1 aliphatic carbocycles. The monoisotopic (exact) mass is 334 g/mol. The summed E-state index contributed by atoms with van der Waals surface area (Å²) in [5.41, 5.74) is 0. The SMILES string of the molecule is CN1CCCC(N(C=O)OC(F)(F)C(=O)OC2CCCCC2)C1. The van der Waals surface area contributed by atoms with Crippen LogP contribution < -0.4 is 0 Å². The molecule has 1 amide bonds. The molecule has 132 valence electrons. The van der Waals surface area contributed by atoms with Crippen molar-refractivity contribution >= 4 is 12.4 Å². The molecule has 23 heavy (non-hydrogen) atoms. The molecule has 6 nitrogen and oxygen atoms in total. The number of alkyl halides is 2. The van der Waals surface area contributed by atoms with Crippen LogP contribution in [0.1, 0.15) is 44.9 Å². The first-order valence-electron chi connectivity index (χ1n) is 8.12. The maximum atomic E-state index is 14.0. The molecular weight excluding hydrogens is 310 g/mol. The number of carbonyl (C=O) groups is 2. The number of ether oxygens (including phenoxy) is 1. The predicted octanol–water partition coefficient (Wildman–Crippen LogP) is 1.94. The Morgan fingerprint density at radius 2 is 1.91 bits per heavy atom. The summed E-state index contributed by atoms with van der Waals surface area (Å²) >= 11 is 0. The first kappa shape index (κ1) is 18.1. The van der Waals surface area contributed by atoms with Crippen LogP contribution >= 0.6 is 0 Å². The van der Waals surface area contributed by atoms with Gasteiger partial charge in [0.15, 0.2) is 0 Å². The second-order valence-electron chi connectivity index (χ2n) is 6.30. The van der Waals surface area contributed by atoms with Gasteiger partial charge in [-0.2, -0.15) is 13.6 Å². The zero-order chi connectivity index (χ0) is 16.9. The minimum Gasteiger partial charge on any atom is -0.456 e. The van der Waals surface area contributed by atoms with Crippen molar-refractivity contribution in [1.29, 1.82) is 0 Å². The summed E-state index contributed by atoms with van der Waals surface area (Å²) in [7, 11) is 1.84. The number of esters is 1. The number of amides is 1. The Labute approximate surface area is 134 Å². The van der Waals surface area contributed by atoms with Crippen molar-refractivity contribution in [3.63, 3.8) is 0 Å². The Hall–Kier alpha value is -1.28. The number of piperidine rings is 1. The van der Waals surface area contributed by atoms with Crippen LogP contribution in [0.3, 0.4) is 0 Å². The number of hydroxylamine groups is 2. The summed E-state index contributed by atoms with van der Waals surface area (Å²) in [6, 6.07) is -0.500. The number of halogens is 2. The van der Waals surface area contributed by atoms with E-state index in [0.29, 0.717) is 30.9 Å². The van der Waals surface area contributed by atoms with E-state index in [1.165, 1.54) is 0 Å². The highest BCUT2D eigenvalue weighted by molar-refractivity contribution is 5.76. The Morgan fingerprint density at radius 3 is 2.52 bits per heavy atom. The van der Waals surface area contributed by atoms with Crippen LogP contribution in [-0.2, 0) is 19.2 Å². The van der Waals surface area contributed by atoms with Gasteiger partial charge in [-0.15, -0.1) is 0 Å². The molecular formula is C15H24F2N2O4. The summed E-state index contributed by atoms with van der Waals surface area (Å²) in [4.78, 5) is 29.1. The average Bonchev–Trinajstić information content (AvgIpc) is 2.53. The van der Waals surface area contributed by atoms with Gasteiger partial charge in [0.25, 0.3) is 0 Å². The van der Waals surface area contributed by atoms with Gasteiger partial charge in [-0.25, -0.2) is 9.86 Å². The fourth-order valence-electron chi connectivity index (χ4n) is 3.10. The normalized spacial score (nSPS) is 24.2. The number of hydrogen-bond acceptors (Lipinski definition) is 5. The maximum absolute atomic E-state index is 14.0. The Bertz CT molecular complexity index is 416. The highest BCUT2D eigenvalue weighted by Crippen LogP contribution is 2.26. The molecule has 1 aliphatic heterocycles. The van der Waals surface area contributed by atoms with E-state index in [1.807, 2.05) is 11.9 Å². The molecule has 1 saturated heterocycles. The highest BCUT2D eigenvalue weighted by Gasteiger charge is 2.47. The zero-order valence-corrected chi connectivity index (χ0v) is 13.4. The van der Waals surface area contributed by atoms with E-state index < -0.39 is 24.2 Å². The molecule has 8 heteroatoms. The van der Waals surface area contributed by atoms with Gasteiger partial charge in [-0.1, -0.05) is 6.42 Å². The van der Waals surface area contributed by atoms with E-state index in [-0.39, 0.29) is 6.41 Å². The fourth-order valence-corrected chi connectivity index (χ4v) is 3.10. The van der Waals surface area contributed by atoms with Crippen molar-refractivity contribution in [3.05, 3.63) is 0 Å². The minimum absolute atomic E-state index is 0.200. The van der Waals surface area contributed by atoms with Crippen LogP contribution in [0.25, 0.3) is 0 Å². The van der Waals surface area contributed by atoms with E-state index in [9.17, 15) is 18.4 Å². The second-order valence-corrected chi connectivity index (χ2v) is 6.30. The highest BCUT2D eigenvalue weighted by atomic mass is 19.3. The number of carbonyl (C=O) groups excluding carboxylic acids is 2.